The van der Waals surface area contributed by atoms with Crippen molar-refractivity contribution in [2.45, 2.75) is 18.7 Å². The van der Waals surface area contributed by atoms with Gasteiger partial charge in [0.25, 0.3) is 21.8 Å². The standard InChI is InChI=1S/C16H14N2O4S/c1-9-3-6-14(10(2)7-9)23(21,22)18-11-4-5-12-13(8-11)16(20)17-15(12)19/h3-8,18H,1-2H3,(H,17,19,20). The molecule has 0 bridgehead atoms. The number of carbonyl (C=O) groups is 2. The quantitative estimate of drug-likeness (QED) is 0.842. The largest absolute Gasteiger partial charge is 0.288 e. The summed E-state index contributed by atoms with van der Waals surface area (Å²) in [5, 5.41) is 2.16. The number of anilines is 1. The molecule has 23 heavy (non-hydrogen) atoms. The molecule has 1 heterocycles. The predicted octanol–water partition coefficient (Wildman–Crippen LogP) is 1.99. The number of carbonyl (C=O) groups excluding carboxylic acids is 2. The van der Waals surface area contributed by atoms with E-state index in [2.05, 4.69) is 10.0 Å². The average molecular weight is 330 g/mol. The lowest BCUT2D eigenvalue weighted by atomic mass is 10.1. The molecule has 0 aliphatic carbocycles. The molecular weight excluding hydrogens is 316 g/mol. The zero-order chi connectivity index (χ0) is 16.8. The number of benzene rings is 2. The van der Waals surface area contributed by atoms with E-state index < -0.39 is 21.8 Å². The normalized spacial score (nSPS) is 13.7. The van der Waals surface area contributed by atoms with Gasteiger partial charge in [0.1, 0.15) is 0 Å². The van der Waals surface area contributed by atoms with E-state index in [1.165, 1.54) is 24.3 Å². The maximum Gasteiger partial charge on any atom is 0.262 e. The van der Waals surface area contributed by atoms with Gasteiger partial charge in [0.2, 0.25) is 0 Å². The molecule has 1 aliphatic heterocycles. The van der Waals surface area contributed by atoms with Gasteiger partial charge in [0, 0.05) is 5.69 Å². The molecule has 2 amide bonds. The second-order valence-electron chi connectivity index (χ2n) is 5.42. The van der Waals surface area contributed by atoms with E-state index in [1.807, 2.05) is 6.92 Å². The third-order valence-corrected chi connectivity index (χ3v) is 5.15. The molecule has 0 atom stereocenters. The van der Waals surface area contributed by atoms with E-state index >= 15 is 0 Å². The van der Waals surface area contributed by atoms with Gasteiger partial charge in [-0.2, -0.15) is 0 Å². The van der Waals surface area contributed by atoms with E-state index in [-0.39, 0.29) is 21.7 Å². The summed E-state index contributed by atoms with van der Waals surface area (Å²) in [5.74, 6) is -1.01. The molecule has 118 valence electrons. The highest BCUT2D eigenvalue weighted by molar-refractivity contribution is 7.92. The Morgan fingerprint density at radius 3 is 2.30 bits per heavy atom. The van der Waals surface area contributed by atoms with Crippen molar-refractivity contribution in [3.63, 3.8) is 0 Å². The molecule has 0 fully saturated rings. The number of hydrogen-bond acceptors (Lipinski definition) is 4. The van der Waals surface area contributed by atoms with Crippen LogP contribution in [-0.2, 0) is 10.0 Å². The lowest BCUT2D eigenvalue weighted by molar-refractivity contribution is 0.0879. The SMILES string of the molecule is Cc1ccc(S(=O)(=O)Nc2ccc3c(c2)C(=O)NC3=O)c(C)c1. The van der Waals surface area contributed by atoms with Crippen LogP contribution in [-0.4, -0.2) is 20.2 Å². The number of hydrogen-bond donors (Lipinski definition) is 2. The zero-order valence-electron chi connectivity index (χ0n) is 12.5. The van der Waals surface area contributed by atoms with Crippen molar-refractivity contribution in [2.75, 3.05) is 4.72 Å². The van der Waals surface area contributed by atoms with Crippen molar-refractivity contribution < 1.29 is 18.0 Å². The second-order valence-corrected chi connectivity index (χ2v) is 7.07. The van der Waals surface area contributed by atoms with Gasteiger partial charge in [-0.05, 0) is 43.7 Å². The molecular formula is C16H14N2O4S. The lowest BCUT2D eigenvalue weighted by Gasteiger charge is -2.11. The minimum absolute atomic E-state index is 0.163. The molecule has 0 unspecified atom stereocenters. The van der Waals surface area contributed by atoms with Gasteiger partial charge < -0.3 is 0 Å². The lowest BCUT2D eigenvalue weighted by Crippen LogP contribution is -2.19. The van der Waals surface area contributed by atoms with Gasteiger partial charge in [-0.15, -0.1) is 0 Å². The fourth-order valence-electron chi connectivity index (χ4n) is 2.54. The van der Waals surface area contributed by atoms with Gasteiger partial charge in [-0.25, -0.2) is 8.42 Å². The molecule has 7 heteroatoms. The van der Waals surface area contributed by atoms with Crippen LogP contribution in [0.15, 0.2) is 41.3 Å². The first-order chi connectivity index (χ1) is 10.8. The topological polar surface area (TPSA) is 92.3 Å². The summed E-state index contributed by atoms with van der Waals surface area (Å²) >= 11 is 0. The molecule has 3 rings (SSSR count). The van der Waals surface area contributed by atoms with E-state index in [4.69, 9.17) is 0 Å². The summed E-state index contributed by atoms with van der Waals surface area (Å²) in [4.78, 5) is 23.3. The van der Waals surface area contributed by atoms with Gasteiger partial charge in [0.05, 0.1) is 16.0 Å². The van der Waals surface area contributed by atoms with Gasteiger partial charge in [-0.3, -0.25) is 19.6 Å². The van der Waals surface area contributed by atoms with E-state index in [9.17, 15) is 18.0 Å². The van der Waals surface area contributed by atoms with Crippen LogP contribution < -0.4 is 10.0 Å². The van der Waals surface area contributed by atoms with Crippen LogP contribution in [0, 0.1) is 13.8 Å². The van der Waals surface area contributed by atoms with Crippen molar-refractivity contribution in [3.05, 3.63) is 58.7 Å². The molecule has 6 nitrogen and oxygen atoms in total. The van der Waals surface area contributed by atoms with Crippen LogP contribution in [0.4, 0.5) is 5.69 Å². The van der Waals surface area contributed by atoms with Crippen LogP contribution in [0.2, 0.25) is 0 Å². The molecule has 0 saturated heterocycles. The van der Waals surface area contributed by atoms with Gasteiger partial charge in [0.15, 0.2) is 0 Å². The Bertz CT molecular complexity index is 949. The van der Waals surface area contributed by atoms with E-state index in [0.717, 1.165) is 5.56 Å². The molecule has 0 radical (unpaired) electrons. The van der Waals surface area contributed by atoms with Crippen molar-refractivity contribution in [1.29, 1.82) is 0 Å². The summed E-state index contributed by atoms with van der Waals surface area (Å²) < 4.78 is 27.4. The summed E-state index contributed by atoms with van der Waals surface area (Å²) in [5.41, 5.74) is 2.23. The highest BCUT2D eigenvalue weighted by atomic mass is 32.2. The van der Waals surface area contributed by atoms with E-state index in [1.54, 1.807) is 19.1 Å². The maximum absolute atomic E-state index is 12.5. The van der Waals surface area contributed by atoms with Crippen molar-refractivity contribution in [1.82, 2.24) is 5.32 Å². The van der Waals surface area contributed by atoms with Crippen molar-refractivity contribution in [3.8, 4) is 0 Å². The zero-order valence-corrected chi connectivity index (χ0v) is 13.3. The fourth-order valence-corrected chi connectivity index (χ4v) is 3.82. The number of amides is 2. The monoisotopic (exact) mass is 330 g/mol. The number of fused-ring (bicyclic) bond motifs is 1. The van der Waals surface area contributed by atoms with Crippen LogP contribution in [0.3, 0.4) is 0 Å². The Kier molecular flexibility index (Phi) is 3.45. The number of aryl methyl sites for hydroxylation is 2. The number of nitrogens with one attached hydrogen (secondary N) is 2. The molecule has 2 aromatic rings. The van der Waals surface area contributed by atoms with Crippen molar-refractivity contribution >= 4 is 27.5 Å². The average Bonchev–Trinajstić information content (AvgIpc) is 2.72. The van der Waals surface area contributed by atoms with Gasteiger partial charge in [-0.1, -0.05) is 17.7 Å². The highest BCUT2D eigenvalue weighted by Crippen LogP contribution is 2.24. The molecule has 0 saturated carbocycles. The van der Waals surface area contributed by atoms with Crippen LogP contribution in [0.5, 0.6) is 0 Å². The first kappa shape index (κ1) is 15.2. The van der Waals surface area contributed by atoms with Crippen molar-refractivity contribution in [2.24, 2.45) is 0 Å². The Labute approximate surface area is 133 Å². The molecule has 0 aromatic heterocycles. The Morgan fingerprint density at radius 2 is 1.61 bits per heavy atom. The Hall–Kier alpha value is -2.67. The maximum atomic E-state index is 12.5. The molecule has 0 spiro atoms. The Morgan fingerprint density at radius 1 is 0.913 bits per heavy atom. The minimum atomic E-state index is -3.78. The smallest absolute Gasteiger partial charge is 0.262 e. The summed E-state index contributed by atoms with van der Waals surface area (Å²) in [6.45, 7) is 3.60. The number of imide groups is 1. The molecule has 2 N–H and O–H groups in total. The van der Waals surface area contributed by atoms with Gasteiger partial charge >= 0.3 is 0 Å². The number of rotatable bonds is 3. The summed E-state index contributed by atoms with van der Waals surface area (Å²) in [7, 11) is -3.78. The minimum Gasteiger partial charge on any atom is -0.288 e. The fraction of sp³-hybridized carbons (Fsp3) is 0.125. The third kappa shape index (κ3) is 2.70. The summed E-state index contributed by atoms with van der Waals surface area (Å²) in [6.07, 6.45) is 0. The third-order valence-electron chi connectivity index (χ3n) is 3.61. The first-order valence-corrected chi connectivity index (χ1v) is 8.36. The van der Waals surface area contributed by atoms with Crippen LogP contribution in [0.25, 0.3) is 0 Å². The molecule has 2 aromatic carbocycles. The predicted molar refractivity (Wildman–Crippen MR) is 85.0 cm³/mol. The Balaban J connectivity index is 1.97. The number of sulfonamides is 1. The highest BCUT2D eigenvalue weighted by Gasteiger charge is 2.27. The second kappa shape index (κ2) is 5.20. The van der Waals surface area contributed by atoms with Crippen LogP contribution >= 0.6 is 0 Å². The summed E-state index contributed by atoms with van der Waals surface area (Å²) in [6, 6.07) is 9.28. The molecule has 1 aliphatic rings. The van der Waals surface area contributed by atoms with E-state index in [0.29, 0.717) is 5.56 Å². The van der Waals surface area contributed by atoms with Crippen LogP contribution in [0.1, 0.15) is 31.8 Å². The first-order valence-electron chi connectivity index (χ1n) is 6.88.